The molecule has 0 atom stereocenters. The lowest BCUT2D eigenvalue weighted by Gasteiger charge is -2.08. The van der Waals surface area contributed by atoms with Gasteiger partial charge in [0.1, 0.15) is 6.61 Å². The molecule has 0 bridgehead atoms. The van der Waals surface area contributed by atoms with E-state index in [1.54, 1.807) is 6.20 Å². The zero-order chi connectivity index (χ0) is 16.1. The average molecular weight is 303 g/mol. The number of aryl methyl sites for hydroxylation is 1. The number of carbonyl (C=O) groups excluding carboxylic acids is 1. The number of ether oxygens (including phenoxy) is 1. The summed E-state index contributed by atoms with van der Waals surface area (Å²) in [4.78, 5) is 15.5. The molecule has 0 N–H and O–H groups in total. The highest BCUT2D eigenvalue weighted by Crippen LogP contribution is 2.25. The van der Waals surface area contributed by atoms with Crippen LogP contribution in [0.3, 0.4) is 0 Å². The van der Waals surface area contributed by atoms with Gasteiger partial charge in [-0.2, -0.15) is 0 Å². The van der Waals surface area contributed by atoms with E-state index >= 15 is 0 Å². The summed E-state index contributed by atoms with van der Waals surface area (Å²) in [5.74, 6) is 0.568. The first-order valence-electron chi connectivity index (χ1n) is 7.45. The Hall–Kier alpha value is -2.94. The number of rotatable bonds is 5. The molecule has 1 aromatic heterocycles. The summed E-state index contributed by atoms with van der Waals surface area (Å²) in [5, 5.41) is 0. The molecule has 0 aliphatic carbocycles. The Morgan fingerprint density at radius 3 is 2.57 bits per heavy atom. The third kappa shape index (κ3) is 3.64. The summed E-state index contributed by atoms with van der Waals surface area (Å²) in [6, 6.07) is 19.5. The number of nitrogens with zero attached hydrogens (tertiary/aromatic N) is 1. The average Bonchev–Trinajstić information content (AvgIpc) is 2.61. The molecular weight excluding hydrogens is 286 g/mol. The first kappa shape index (κ1) is 15.0. The Morgan fingerprint density at radius 2 is 1.87 bits per heavy atom. The summed E-state index contributed by atoms with van der Waals surface area (Å²) >= 11 is 0. The Labute approximate surface area is 135 Å². The molecule has 1 heterocycles. The molecule has 23 heavy (non-hydrogen) atoms. The Kier molecular flexibility index (Phi) is 4.48. The lowest BCUT2D eigenvalue weighted by Crippen LogP contribution is -1.97. The number of benzene rings is 2. The van der Waals surface area contributed by atoms with Crippen LogP contribution in [0.5, 0.6) is 5.88 Å². The fourth-order valence-corrected chi connectivity index (χ4v) is 2.38. The molecule has 0 aliphatic heterocycles. The van der Waals surface area contributed by atoms with E-state index in [4.69, 9.17) is 4.74 Å². The summed E-state index contributed by atoms with van der Waals surface area (Å²) in [5.41, 5.74) is 4.66. The van der Waals surface area contributed by atoms with E-state index in [0.29, 0.717) is 18.1 Å². The van der Waals surface area contributed by atoms with Crippen LogP contribution in [0.15, 0.2) is 66.9 Å². The molecule has 0 radical (unpaired) electrons. The van der Waals surface area contributed by atoms with Crippen molar-refractivity contribution < 1.29 is 9.53 Å². The highest BCUT2D eigenvalue weighted by Gasteiger charge is 2.06. The summed E-state index contributed by atoms with van der Waals surface area (Å²) in [7, 11) is 0. The summed E-state index contributed by atoms with van der Waals surface area (Å²) < 4.78 is 5.68. The molecule has 3 rings (SSSR count). The lowest BCUT2D eigenvalue weighted by molar-refractivity contribution is 0.112. The second-order valence-corrected chi connectivity index (χ2v) is 5.37. The van der Waals surface area contributed by atoms with Gasteiger partial charge in [-0.15, -0.1) is 0 Å². The highest BCUT2D eigenvalue weighted by molar-refractivity contribution is 5.87. The third-order valence-corrected chi connectivity index (χ3v) is 3.61. The molecule has 0 spiro atoms. The van der Waals surface area contributed by atoms with Crippen LogP contribution < -0.4 is 4.74 Å². The van der Waals surface area contributed by atoms with E-state index in [1.807, 2.05) is 67.6 Å². The van der Waals surface area contributed by atoms with Crippen LogP contribution in [0.25, 0.3) is 11.1 Å². The Bertz CT molecular complexity index is 796. The molecule has 3 nitrogen and oxygen atoms in total. The maximum atomic E-state index is 11.2. The van der Waals surface area contributed by atoms with E-state index < -0.39 is 0 Å². The smallest absolute Gasteiger partial charge is 0.213 e. The van der Waals surface area contributed by atoms with Gasteiger partial charge in [0.05, 0.1) is 0 Å². The second kappa shape index (κ2) is 6.88. The van der Waals surface area contributed by atoms with E-state index in [0.717, 1.165) is 28.5 Å². The van der Waals surface area contributed by atoms with Gasteiger partial charge in [0.2, 0.25) is 5.88 Å². The zero-order valence-corrected chi connectivity index (χ0v) is 12.9. The molecule has 3 heteroatoms. The first-order valence-corrected chi connectivity index (χ1v) is 7.45. The van der Waals surface area contributed by atoms with Gasteiger partial charge in [0, 0.05) is 23.4 Å². The number of hydrogen-bond acceptors (Lipinski definition) is 3. The SMILES string of the molecule is Cc1ccc(C=O)c(-c2ccc(OCc3ccccc3)nc2)c1. The van der Waals surface area contributed by atoms with E-state index in [2.05, 4.69) is 4.98 Å². The third-order valence-electron chi connectivity index (χ3n) is 3.61. The Balaban J connectivity index is 1.77. The fraction of sp³-hybridized carbons (Fsp3) is 0.100. The minimum Gasteiger partial charge on any atom is -0.473 e. The quantitative estimate of drug-likeness (QED) is 0.654. The van der Waals surface area contributed by atoms with Crippen LogP contribution >= 0.6 is 0 Å². The van der Waals surface area contributed by atoms with Gasteiger partial charge in [-0.05, 0) is 24.1 Å². The van der Waals surface area contributed by atoms with Crippen molar-refractivity contribution in [1.82, 2.24) is 4.98 Å². The molecule has 0 saturated heterocycles. The molecule has 0 unspecified atom stereocenters. The molecule has 114 valence electrons. The Morgan fingerprint density at radius 1 is 1.04 bits per heavy atom. The maximum absolute atomic E-state index is 11.2. The summed E-state index contributed by atoms with van der Waals surface area (Å²) in [6.45, 7) is 2.49. The van der Waals surface area contributed by atoms with Gasteiger partial charge in [-0.3, -0.25) is 4.79 Å². The standard InChI is InChI=1S/C20H17NO2/c1-15-7-8-18(13-22)19(11-15)17-9-10-20(21-12-17)23-14-16-5-3-2-4-6-16/h2-13H,14H2,1H3. The number of aromatic nitrogens is 1. The first-order chi connectivity index (χ1) is 11.3. The van der Waals surface area contributed by atoms with Gasteiger partial charge in [0.15, 0.2) is 6.29 Å². The molecular formula is C20H17NO2. The van der Waals surface area contributed by atoms with Crippen molar-refractivity contribution in [2.45, 2.75) is 13.5 Å². The fourth-order valence-electron chi connectivity index (χ4n) is 2.38. The van der Waals surface area contributed by atoms with E-state index in [9.17, 15) is 4.79 Å². The van der Waals surface area contributed by atoms with Crippen molar-refractivity contribution in [2.75, 3.05) is 0 Å². The van der Waals surface area contributed by atoms with Gasteiger partial charge in [0.25, 0.3) is 0 Å². The van der Waals surface area contributed by atoms with Crippen LogP contribution in [-0.2, 0) is 6.61 Å². The normalized spacial score (nSPS) is 10.3. The molecule has 0 saturated carbocycles. The molecule has 0 amide bonds. The van der Waals surface area contributed by atoms with Crippen molar-refractivity contribution in [3.8, 4) is 17.0 Å². The molecule has 2 aromatic carbocycles. The van der Waals surface area contributed by atoms with Crippen LogP contribution in [0.1, 0.15) is 21.5 Å². The minimum atomic E-state index is 0.483. The van der Waals surface area contributed by atoms with Gasteiger partial charge in [-0.25, -0.2) is 4.98 Å². The number of hydrogen-bond donors (Lipinski definition) is 0. The van der Waals surface area contributed by atoms with Crippen molar-refractivity contribution in [1.29, 1.82) is 0 Å². The predicted molar refractivity (Wildman–Crippen MR) is 90.6 cm³/mol. The van der Waals surface area contributed by atoms with Crippen LogP contribution in [-0.4, -0.2) is 11.3 Å². The number of aldehydes is 1. The van der Waals surface area contributed by atoms with E-state index in [1.165, 1.54) is 0 Å². The topological polar surface area (TPSA) is 39.2 Å². The van der Waals surface area contributed by atoms with Crippen molar-refractivity contribution >= 4 is 6.29 Å². The maximum Gasteiger partial charge on any atom is 0.213 e. The lowest BCUT2D eigenvalue weighted by atomic mass is 10.00. The number of pyridine rings is 1. The van der Waals surface area contributed by atoms with Gasteiger partial charge < -0.3 is 4.74 Å². The van der Waals surface area contributed by atoms with Crippen LogP contribution in [0.4, 0.5) is 0 Å². The molecule has 0 aliphatic rings. The molecule has 3 aromatic rings. The second-order valence-electron chi connectivity index (χ2n) is 5.37. The minimum absolute atomic E-state index is 0.483. The van der Waals surface area contributed by atoms with Gasteiger partial charge >= 0.3 is 0 Å². The monoisotopic (exact) mass is 303 g/mol. The van der Waals surface area contributed by atoms with Crippen molar-refractivity contribution in [2.24, 2.45) is 0 Å². The summed E-state index contributed by atoms with van der Waals surface area (Å²) in [6.07, 6.45) is 2.61. The largest absolute Gasteiger partial charge is 0.473 e. The van der Waals surface area contributed by atoms with Crippen molar-refractivity contribution in [3.05, 3.63) is 83.6 Å². The highest BCUT2D eigenvalue weighted by atomic mass is 16.5. The van der Waals surface area contributed by atoms with Crippen LogP contribution in [0.2, 0.25) is 0 Å². The zero-order valence-electron chi connectivity index (χ0n) is 12.9. The number of carbonyl (C=O) groups is 1. The van der Waals surface area contributed by atoms with E-state index in [-0.39, 0.29) is 0 Å². The van der Waals surface area contributed by atoms with Crippen molar-refractivity contribution in [3.63, 3.8) is 0 Å². The van der Waals surface area contributed by atoms with Gasteiger partial charge in [-0.1, -0.05) is 54.1 Å². The molecule has 0 fully saturated rings. The predicted octanol–water partition coefficient (Wildman–Crippen LogP) is 4.45. The van der Waals surface area contributed by atoms with Crippen LogP contribution in [0, 0.1) is 6.92 Å².